The number of methoxy groups -OCH3 is 1. The molecule has 3 heteroatoms. The average Bonchev–Trinajstić information content (AvgIpc) is 3.03. The van der Waals surface area contributed by atoms with Crippen molar-refractivity contribution >= 4 is 5.97 Å². The minimum absolute atomic E-state index is 0.0748. The summed E-state index contributed by atoms with van der Waals surface area (Å²) in [6, 6.07) is 0. The summed E-state index contributed by atoms with van der Waals surface area (Å²) >= 11 is 0. The number of aliphatic hydroxyl groups is 1. The Morgan fingerprint density at radius 3 is 2.57 bits per heavy atom. The van der Waals surface area contributed by atoms with E-state index in [1.165, 1.54) is 58.5 Å². The van der Waals surface area contributed by atoms with Crippen LogP contribution in [-0.4, -0.2) is 24.3 Å². The van der Waals surface area contributed by atoms with Gasteiger partial charge in [-0.25, -0.2) is 0 Å². The highest BCUT2D eigenvalue weighted by Crippen LogP contribution is 2.68. The van der Waals surface area contributed by atoms with Crippen LogP contribution < -0.4 is 0 Å². The Morgan fingerprint density at radius 2 is 1.82 bits per heavy atom. The lowest BCUT2D eigenvalue weighted by atomic mass is 9.44. The summed E-state index contributed by atoms with van der Waals surface area (Å²) in [5.41, 5.74) is 0.813. The zero-order valence-corrected chi connectivity index (χ0v) is 18.6. The topological polar surface area (TPSA) is 46.5 Å². The van der Waals surface area contributed by atoms with Gasteiger partial charge in [-0.05, 0) is 97.7 Å². The molecule has 160 valence electrons. The van der Waals surface area contributed by atoms with E-state index in [-0.39, 0.29) is 12.1 Å². The molecule has 0 aromatic carbocycles. The number of esters is 1. The first-order chi connectivity index (χ1) is 13.3. The molecule has 0 aromatic heterocycles. The highest BCUT2D eigenvalue weighted by Gasteiger charge is 2.62. The first-order valence-corrected chi connectivity index (χ1v) is 12.1. The summed E-state index contributed by atoms with van der Waals surface area (Å²) in [6.45, 7) is 7.46. The van der Waals surface area contributed by atoms with Crippen molar-refractivity contribution in [1.29, 1.82) is 0 Å². The normalized spacial score (nSPS) is 48.9. The van der Waals surface area contributed by atoms with Crippen LogP contribution in [-0.2, 0) is 9.53 Å². The SMILES string of the molecule is COC(=O)CC[C@@H](C)C1CCC2C3C(CC[C@@]21C)[C@@]1(C)CCCC[C@H]1C[C@@H]3O. The fourth-order valence-electron chi connectivity index (χ4n) is 8.88. The minimum Gasteiger partial charge on any atom is -0.469 e. The number of fused-ring (bicyclic) bond motifs is 5. The molecule has 0 spiro atoms. The van der Waals surface area contributed by atoms with Gasteiger partial charge in [0.2, 0.25) is 0 Å². The van der Waals surface area contributed by atoms with E-state index in [4.69, 9.17) is 4.74 Å². The molecule has 28 heavy (non-hydrogen) atoms. The molecule has 0 amide bonds. The molecule has 4 aliphatic rings. The smallest absolute Gasteiger partial charge is 0.305 e. The Morgan fingerprint density at radius 1 is 1.07 bits per heavy atom. The third-order valence-corrected chi connectivity index (χ3v) is 10.4. The monoisotopic (exact) mass is 390 g/mol. The number of carbonyl (C=O) groups is 1. The molecule has 4 aliphatic carbocycles. The van der Waals surface area contributed by atoms with Crippen molar-refractivity contribution in [2.24, 2.45) is 46.3 Å². The summed E-state index contributed by atoms with van der Waals surface area (Å²) in [5.74, 6) is 3.83. The molecular weight excluding hydrogens is 348 g/mol. The maximum atomic E-state index is 11.6. The number of carbonyl (C=O) groups excluding carboxylic acids is 1. The molecule has 4 rings (SSSR count). The second-order valence-corrected chi connectivity index (χ2v) is 11.4. The molecule has 3 nitrogen and oxygen atoms in total. The molecule has 0 heterocycles. The quantitative estimate of drug-likeness (QED) is 0.636. The van der Waals surface area contributed by atoms with Crippen LogP contribution in [0.2, 0.25) is 0 Å². The first-order valence-electron chi connectivity index (χ1n) is 12.1. The zero-order valence-electron chi connectivity index (χ0n) is 18.6. The van der Waals surface area contributed by atoms with Gasteiger partial charge < -0.3 is 9.84 Å². The van der Waals surface area contributed by atoms with Gasteiger partial charge in [0.25, 0.3) is 0 Å². The van der Waals surface area contributed by atoms with Crippen LogP contribution in [0.5, 0.6) is 0 Å². The summed E-state index contributed by atoms with van der Waals surface area (Å²) in [6.07, 6.45) is 13.1. The number of hydrogen-bond acceptors (Lipinski definition) is 3. The van der Waals surface area contributed by atoms with Crippen LogP contribution in [0.3, 0.4) is 0 Å². The standard InChI is InChI=1S/C25H42O3/c1-16(8-11-22(27)28-4)18-9-10-19-23-20(12-14-25(18,19)3)24(2)13-6-5-7-17(24)15-21(23)26/h16-21,23,26H,5-15H2,1-4H3/t16-,17+,18?,19?,20?,21+,23?,24+,25-/m1/s1. The minimum atomic E-state index is -0.0880. The Labute approximate surface area is 172 Å². The van der Waals surface area contributed by atoms with E-state index in [1.54, 1.807) is 0 Å². The highest BCUT2D eigenvalue weighted by atomic mass is 16.5. The fraction of sp³-hybridized carbons (Fsp3) is 0.960. The molecule has 0 bridgehead atoms. The largest absolute Gasteiger partial charge is 0.469 e. The van der Waals surface area contributed by atoms with E-state index >= 15 is 0 Å². The molecule has 4 saturated carbocycles. The molecule has 4 unspecified atom stereocenters. The van der Waals surface area contributed by atoms with E-state index in [1.807, 2.05) is 0 Å². The summed E-state index contributed by atoms with van der Waals surface area (Å²) in [4.78, 5) is 11.6. The van der Waals surface area contributed by atoms with Gasteiger partial charge in [-0.2, -0.15) is 0 Å². The summed E-state index contributed by atoms with van der Waals surface area (Å²) in [7, 11) is 1.49. The van der Waals surface area contributed by atoms with E-state index in [9.17, 15) is 9.90 Å². The number of hydrogen-bond donors (Lipinski definition) is 1. The average molecular weight is 391 g/mol. The Bertz CT molecular complexity index is 588. The van der Waals surface area contributed by atoms with Gasteiger partial charge in [0.05, 0.1) is 13.2 Å². The van der Waals surface area contributed by atoms with Crippen molar-refractivity contribution in [2.75, 3.05) is 7.11 Å². The number of ether oxygens (including phenoxy) is 1. The van der Waals surface area contributed by atoms with E-state index < -0.39 is 0 Å². The van der Waals surface area contributed by atoms with Gasteiger partial charge in [0.1, 0.15) is 0 Å². The van der Waals surface area contributed by atoms with Gasteiger partial charge in [-0.15, -0.1) is 0 Å². The third kappa shape index (κ3) is 3.15. The van der Waals surface area contributed by atoms with E-state index in [0.717, 1.165) is 24.7 Å². The fourth-order valence-corrected chi connectivity index (χ4v) is 8.88. The maximum Gasteiger partial charge on any atom is 0.305 e. The molecular formula is C25H42O3. The molecule has 0 aliphatic heterocycles. The van der Waals surface area contributed by atoms with Crippen LogP contribution in [0.1, 0.15) is 91.4 Å². The molecule has 0 aromatic rings. The van der Waals surface area contributed by atoms with Gasteiger partial charge in [0.15, 0.2) is 0 Å². The molecule has 0 radical (unpaired) electrons. The van der Waals surface area contributed by atoms with E-state index in [2.05, 4.69) is 20.8 Å². The van der Waals surface area contributed by atoms with Gasteiger partial charge >= 0.3 is 5.97 Å². The lowest BCUT2D eigenvalue weighted by Crippen LogP contribution is -2.57. The lowest BCUT2D eigenvalue weighted by molar-refractivity contribution is -0.164. The van der Waals surface area contributed by atoms with Crippen molar-refractivity contribution in [3.8, 4) is 0 Å². The van der Waals surface area contributed by atoms with Crippen LogP contribution in [0.4, 0.5) is 0 Å². The van der Waals surface area contributed by atoms with Crippen molar-refractivity contribution < 1.29 is 14.6 Å². The second kappa shape index (κ2) is 7.60. The van der Waals surface area contributed by atoms with Crippen LogP contribution >= 0.6 is 0 Å². The van der Waals surface area contributed by atoms with Crippen LogP contribution in [0.25, 0.3) is 0 Å². The highest BCUT2D eigenvalue weighted by molar-refractivity contribution is 5.69. The molecule has 0 saturated heterocycles. The maximum absolute atomic E-state index is 11.6. The van der Waals surface area contributed by atoms with Crippen LogP contribution in [0, 0.1) is 46.3 Å². The number of aliphatic hydroxyl groups excluding tert-OH is 1. The molecule has 1 N–H and O–H groups in total. The predicted octanol–water partition coefficient (Wildman–Crippen LogP) is 5.60. The summed E-state index contributed by atoms with van der Waals surface area (Å²) in [5, 5.41) is 11.3. The zero-order chi connectivity index (χ0) is 20.1. The Kier molecular flexibility index (Phi) is 5.61. The summed E-state index contributed by atoms with van der Waals surface area (Å²) < 4.78 is 4.87. The van der Waals surface area contributed by atoms with Crippen molar-refractivity contribution in [3.63, 3.8) is 0 Å². The van der Waals surface area contributed by atoms with Gasteiger partial charge in [-0.1, -0.05) is 33.6 Å². The Hall–Kier alpha value is -0.570. The molecule has 9 atom stereocenters. The second-order valence-electron chi connectivity index (χ2n) is 11.4. The Balaban J connectivity index is 1.53. The van der Waals surface area contributed by atoms with Gasteiger partial charge in [0, 0.05) is 6.42 Å². The predicted molar refractivity (Wildman–Crippen MR) is 112 cm³/mol. The van der Waals surface area contributed by atoms with E-state index in [0.29, 0.717) is 40.9 Å². The first kappa shape index (κ1) is 20.7. The van der Waals surface area contributed by atoms with Crippen molar-refractivity contribution in [2.45, 2.75) is 97.5 Å². The number of rotatable bonds is 4. The lowest BCUT2D eigenvalue weighted by Gasteiger charge is -2.62. The van der Waals surface area contributed by atoms with Crippen molar-refractivity contribution in [1.82, 2.24) is 0 Å². The van der Waals surface area contributed by atoms with Crippen molar-refractivity contribution in [3.05, 3.63) is 0 Å². The molecule has 4 fully saturated rings. The van der Waals surface area contributed by atoms with Crippen LogP contribution in [0.15, 0.2) is 0 Å². The van der Waals surface area contributed by atoms with Gasteiger partial charge in [-0.3, -0.25) is 4.79 Å². The third-order valence-electron chi connectivity index (χ3n) is 10.4.